The molecule has 0 heterocycles. The predicted octanol–water partition coefficient (Wildman–Crippen LogP) is 4.59. The molecule has 0 bridgehead atoms. The van der Waals surface area contributed by atoms with Crippen molar-refractivity contribution in [3.8, 4) is 0 Å². The first-order valence-corrected chi connectivity index (χ1v) is 13.6. The molecule has 0 saturated heterocycles. The van der Waals surface area contributed by atoms with Crippen molar-refractivity contribution in [2.24, 2.45) is 0 Å². The summed E-state index contributed by atoms with van der Waals surface area (Å²) in [5, 5.41) is 0. The number of esters is 2. The molecule has 2 atom stereocenters. The standard InChI is InChI=1S/C20H36O11P2/c1-7-9-11-17(29-19(21)15(3)4)13-27-33(26,31-32(23,24)25)28-14-18(12-10-8-2)30-20(22)16(5)6/h17-18H,3,5,7-14H2,1-2,4,6H3,(H2,23,24,25). The van der Waals surface area contributed by atoms with Gasteiger partial charge in [-0.15, -0.1) is 0 Å². The number of ether oxygens (including phenoxy) is 2. The molecule has 0 aliphatic heterocycles. The van der Waals surface area contributed by atoms with Gasteiger partial charge in [0.05, 0.1) is 13.2 Å². The summed E-state index contributed by atoms with van der Waals surface area (Å²) >= 11 is 0. The van der Waals surface area contributed by atoms with E-state index >= 15 is 0 Å². The molecule has 33 heavy (non-hydrogen) atoms. The number of hydrogen-bond acceptors (Lipinski definition) is 9. The monoisotopic (exact) mass is 514 g/mol. The third-order valence-electron chi connectivity index (χ3n) is 4.05. The minimum atomic E-state index is -5.29. The second-order valence-electron chi connectivity index (χ2n) is 7.51. The summed E-state index contributed by atoms with van der Waals surface area (Å²) in [6.07, 6.45) is 1.70. The highest BCUT2D eigenvalue weighted by atomic mass is 31.3. The van der Waals surface area contributed by atoms with Gasteiger partial charge in [0.2, 0.25) is 0 Å². The van der Waals surface area contributed by atoms with Gasteiger partial charge in [-0.3, -0.25) is 9.05 Å². The van der Waals surface area contributed by atoms with Crippen LogP contribution < -0.4 is 0 Å². The Labute approximate surface area is 195 Å². The van der Waals surface area contributed by atoms with Gasteiger partial charge in [-0.05, 0) is 39.5 Å². The highest BCUT2D eigenvalue weighted by Gasteiger charge is 2.38. The number of carbonyl (C=O) groups is 2. The zero-order valence-corrected chi connectivity index (χ0v) is 21.5. The quantitative estimate of drug-likeness (QED) is 0.150. The van der Waals surface area contributed by atoms with Gasteiger partial charge in [-0.25, -0.2) is 18.7 Å². The average molecular weight is 514 g/mol. The number of unbranched alkanes of at least 4 members (excludes halogenated alkanes) is 2. The minimum absolute atomic E-state index is 0.139. The minimum Gasteiger partial charge on any atom is -0.457 e. The fraction of sp³-hybridized carbons (Fsp3) is 0.700. The van der Waals surface area contributed by atoms with Gasteiger partial charge in [0.25, 0.3) is 0 Å². The fourth-order valence-corrected chi connectivity index (χ4v) is 4.48. The second kappa shape index (κ2) is 15.6. The highest BCUT2D eigenvalue weighted by Crippen LogP contribution is 2.61. The molecule has 0 amide bonds. The summed E-state index contributed by atoms with van der Waals surface area (Å²) < 4.78 is 49.3. The summed E-state index contributed by atoms with van der Waals surface area (Å²) in [6.45, 7) is 12.7. The van der Waals surface area contributed by atoms with E-state index in [0.717, 1.165) is 12.8 Å². The van der Waals surface area contributed by atoms with Crippen LogP contribution in [0.3, 0.4) is 0 Å². The van der Waals surface area contributed by atoms with Crippen LogP contribution in [0.1, 0.15) is 66.2 Å². The third kappa shape index (κ3) is 15.2. The Bertz CT molecular complexity index is 711. The van der Waals surface area contributed by atoms with Crippen molar-refractivity contribution in [2.45, 2.75) is 78.4 Å². The van der Waals surface area contributed by atoms with Gasteiger partial charge in [-0.1, -0.05) is 39.8 Å². The molecular weight excluding hydrogens is 478 g/mol. The van der Waals surface area contributed by atoms with E-state index < -0.39 is 53.0 Å². The molecule has 0 rings (SSSR count). The molecule has 0 aromatic heterocycles. The van der Waals surface area contributed by atoms with Crippen molar-refractivity contribution < 1.29 is 51.3 Å². The molecule has 2 unspecified atom stereocenters. The summed E-state index contributed by atoms with van der Waals surface area (Å²) in [5.74, 6) is -1.39. The maximum absolute atomic E-state index is 12.9. The fourth-order valence-electron chi connectivity index (χ4n) is 2.28. The van der Waals surface area contributed by atoms with Crippen LogP contribution in [-0.4, -0.2) is 47.1 Å². The summed E-state index contributed by atoms with van der Waals surface area (Å²) in [4.78, 5) is 42.0. The Hall–Kier alpha value is -1.32. The van der Waals surface area contributed by atoms with Crippen molar-refractivity contribution in [2.75, 3.05) is 13.2 Å². The van der Waals surface area contributed by atoms with Gasteiger partial charge >= 0.3 is 27.6 Å². The molecular formula is C20H36O11P2. The van der Waals surface area contributed by atoms with E-state index in [1.807, 2.05) is 13.8 Å². The molecule has 0 saturated carbocycles. The largest absolute Gasteiger partial charge is 0.483 e. The van der Waals surface area contributed by atoms with Crippen molar-refractivity contribution in [3.63, 3.8) is 0 Å². The smallest absolute Gasteiger partial charge is 0.457 e. The molecule has 0 aromatic carbocycles. The topological polar surface area (TPSA) is 155 Å². The Morgan fingerprint density at radius 3 is 1.45 bits per heavy atom. The molecule has 0 aromatic rings. The van der Waals surface area contributed by atoms with E-state index in [1.165, 1.54) is 13.8 Å². The van der Waals surface area contributed by atoms with Crippen LogP contribution in [0, 0.1) is 0 Å². The lowest BCUT2D eigenvalue weighted by atomic mass is 10.2. The van der Waals surface area contributed by atoms with Crippen LogP contribution in [0.5, 0.6) is 0 Å². The van der Waals surface area contributed by atoms with Crippen LogP contribution in [0.4, 0.5) is 0 Å². The Morgan fingerprint density at radius 2 is 1.18 bits per heavy atom. The van der Waals surface area contributed by atoms with Crippen LogP contribution in [0.2, 0.25) is 0 Å². The van der Waals surface area contributed by atoms with Gasteiger partial charge in [-0.2, -0.15) is 4.31 Å². The van der Waals surface area contributed by atoms with Crippen LogP contribution in [0.15, 0.2) is 24.3 Å². The number of phosphoric ester groups is 1. The van der Waals surface area contributed by atoms with Crippen molar-refractivity contribution in [1.82, 2.24) is 0 Å². The van der Waals surface area contributed by atoms with E-state index in [2.05, 4.69) is 17.5 Å². The Kier molecular flexibility index (Phi) is 14.9. The summed E-state index contributed by atoms with van der Waals surface area (Å²) in [6, 6.07) is 0. The van der Waals surface area contributed by atoms with Crippen molar-refractivity contribution in [3.05, 3.63) is 24.3 Å². The van der Waals surface area contributed by atoms with E-state index in [4.69, 9.17) is 28.3 Å². The van der Waals surface area contributed by atoms with Crippen LogP contribution >= 0.6 is 15.6 Å². The Morgan fingerprint density at radius 1 is 0.818 bits per heavy atom. The molecule has 11 nitrogen and oxygen atoms in total. The lowest BCUT2D eigenvalue weighted by molar-refractivity contribution is -0.146. The number of hydrogen-bond donors (Lipinski definition) is 2. The predicted molar refractivity (Wildman–Crippen MR) is 121 cm³/mol. The third-order valence-corrected chi connectivity index (χ3v) is 6.63. The number of phosphoric acid groups is 2. The van der Waals surface area contributed by atoms with Crippen molar-refractivity contribution in [1.29, 1.82) is 0 Å². The zero-order valence-electron chi connectivity index (χ0n) is 19.7. The summed E-state index contributed by atoms with van der Waals surface area (Å²) in [7, 11) is -10.1. The molecule has 192 valence electrons. The average Bonchev–Trinajstić information content (AvgIpc) is 2.70. The molecule has 0 aliphatic carbocycles. The molecule has 0 spiro atoms. The van der Waals surface area contributed by atoms with Gasteiger partial charge in [0.15, 0.2) is 0 Å². The normalized spacial score (nSPS) is 15.2. The zero-order chi connectivity index (χ0) is 25.7. The molecule has 0 fully saturated rings. The number of carbonyl (C=O) groups excluding carboxylic acids is 2. The maximum Gasteiger partial charge on any atom is 0.483 e. The summed E-state index contributed by atoms with van der Waals surface area (Å²) in [5.41, 5.74) is 0.279. The van der Waals surface area contributed by atoms with E-state index in [0.29, 0.717) is 25.7 Å². The molecule has 13 heteroatoms. The van der Waals surface area contributed by atoms with Gasteiger partial charge < -0.3 is 19.3 Å². The van der Waals surface area contributed by atoms with Crippen LogP contribution in [-0.2, 0) is 41.6 Å². The molecule has 2 N–H and O–H groups in total. The van der Waals surface area contributed by atoms with E-state index in [1.54, 1.807) is 0 Å². The molecule has 0 aliphatic rings. The Balaban J connectivity index is 5.43. The molecule has 0 radical (unpaired) electrons. The van der Waals surface area contributed by atoms with E-state index in [9.17, 15) is 18.7 Å². The highest BCUT2D eigenvalue weighted by molar-refractivity contribution is 7.61. The second-order valence-corrected chi connectivity index (χ2v) is 10.6. The lowest BCUT2D eigenvalue weighted by Gasteiger charge is -2.24. The first-order valence-electron chi connectivity index (χ1n) is 10.6. The lowest BCUT2D eigenvalue weighted by Crippen LogP contribution is -2.26. The van der Waals surface area contributed by atoms with Gasteiger partial charge in [0, 0.05) is 11.1 Å². The van der Waals surface area contributed by atoms with Crippen LogP contribution in [0.25, 0.3) is 0 Å². The van der Waals surface area contributed by atoms with Gasteiger partial charge in [0.1, 0.15) is 12.2 Å². The van der Waals surface area contributed by atoms with Crippen molar-refractivity contribution >= 4 is 27.6 Å². The first-order chi connectivity index (χ1) is 15.2. The first kappa shape index (κ1) is 31.7. The number of rotatable bonds is 18. The maximum atomic E-state index is 12.9. The SMILES string of the molecule is C=C(C)C(=O)OC(CCCC)COP(=O)(OCC(CCCC)OC(=O)C(=C)C)OP(=O)(O)O. The van der Waals surface area contributed by atoms with E-state index in [-0.39, 0.29) is 11.1 Å².